The number of carbonyl (C=O) groups excluding carboxylic acids is 3. The quantitative estimate of drug-likeness (QED) is 0.559. The maximum absolute atomic E-state index is 13.8. The van der Waals surface area contributed by atoms with Crippen molar-refractivity contribution >= 4 is 46.6 Å². The number of carbonyl (C=O) groups is 3. The second-order valence-electron chi connectivity index (χ2n) is 10.4. The van der Waals surface area contributed by atoms with Crippen LogP contribution in [0.1, 0.15) is 37.8 Å². The number of nitrogens with one attached hydrogen (secondary N) is 1. The molecular weight excluding hydrogens is 511 g/mol. The third kappa shape index (κ3) is 5.49. The molecule has 0 aliphatic carbocycles. The Morgan fingerprint density at radius 1 is 1.08 bits per heavy atom. The average molecular weight is 546 g/mol. The van der Waals surface area contributed by atoms with Crippen LogP contribution in [0, 0.1) is 5.92 Å². The van der Waals surface area contributed by atoms with Gasteiger partial charge in [0, 0.05) is 66.9 Å². The molecule has 1 saturated heterocycles. The summed E-state index contributed by atoms with van der Waals surface area (Å²) >= 11 is 12.6. The van der Waals surface area contributed by atoms with E-state index in [0.29, 0.717) is 48.1 Å². The number of nitrogens with zero attached hydrogens (tertiary/aromatic N) is 3. The molecule has 2 aromatic carbocycles. The first-order valence-electron chi connectivity index (χ1n) is 12.6. The fraction of sp³-hybridized carbons (Fsp3) is 0.464. The van der Waals surface area contributed by atoms with Crippen LogP contribution in [-0.4, -0.2) is 72.2 Å². The van der Waals surface area contributed by atoms with E-state index >= 15 is 0 Å². The van der Waals surface area contributed by atoms with Crippen molar-refractivity contribution in [3.63, 3.8) is 0 Å². The van der Waals surface area contributed by atoms with Gasteiger partial charge in [-0.1, -0.05) is 41.4 Å². The van der Waals surface area contributed by atoms with E-state index in [1.54, 1.807) is 37.2 Å². The topological polar surface area (TPSA) is 73.0 Å². The summed E-state index contributed by atoms with van der Waals surface area (Å²) in [4.78, 5) is 45.3. The van der Waals surface area contributed by atoms with Crippen LogP contribution < -0.4 is 5.32 Å². The second kappa shape index (κ2) is 11.0. The number of likely N-dealkylation sites (tertiary alicyclic amines) is 1. The van der Waals surface area contributed by atoms with Gasteiger partial charge in [-0.15, -0.1) is 0 Å². The van der Waals surface area contributed by atoms with Crippen molar-refractivity contribution in [3.05, 3.63) is 63.6 Å². The maximum atomic E-state index is 13.8. The zero-order valence-electron chi connectivity index (χ0n) is 21.8. The zero-order chi connectivity index (χ0) is 26.9. The van der Waals surface area contributed by atoms with E-state index in [-0.39, 0.29) is 36.2 Å². The molecule has 0 bridgehead atoms. The number of rotatable bonds is 7. The summed E-state index contributed by atoms with van der Waals surface area (Å²) in [6, 6.07) is 12.8. The summed E-state index contributed by atoms with van der Waals surface area (Å²) < 4.78 is 0. The summed E-state index contributed by atoms with van der Waals surface area (Å²) in [5.41, 5.74) is 1.22. The predicted octanol–water partition coefficient (Wildman–Crippen LogP) is 4.42. The minimum absolute atomic E-state index is 0.0508. The zero-order valence-corrected chi connectivity index (χ0v) is 23.3. The molecule has 9 heteroatoms. The van der Waals surface area contributed by atoms with Gasteiger partial charge in [-0.25, -0.2) is 0 Å². The van der Waals surface area contributed by atoms with Crippen molar-refractivity contribution in [2.45, 2.75) is 44.7 Å². The van der Waals surface area contributed by atoms with Crippen molar-refractivity contribution < 1.29 is 14.4 Å². The van der Waals surface area contributed by atoms with Crippen LogP contribution in [-0.2, 0) is 26.3 Å². The Morgan fingerprint density at radius 2 is 1.76 bits per heavy atom. The molecule has 0 aromatic heterocycles. The fourth-order valence-electron chi connectivity index (χ4n) is 5.58. The van der Waals surface area contributed by atoms with Gasteiger partial charge in [-0.05, 0) is 56.5 Å². The molecule has 7 nitrogen and oxygen atoms in total. The maximum Gasteiger partial charge on any atom is 0.249 e. The van der Waals surface area contributed by atoms with Crippen LogP contribution in [0.15, 0.2) is 42.5 Å². The van der Waals surface area contributed by atoms with Gasteiger partial charge in [0.15, 0.2) is 0 Å². The molecule has 1 atom stereocenters. The SMILES string of the molecule is CC(C)N(CC(=O)N1CCC(C(=O)N(C)C)CC1)C1(Cc2cccc(Cl)c2)C(=O)Nc2cc(Cl)ccc21. The van der Waals surface area contributed by atoms with E-state index in [1.165, 1.54) is 0 Å². The molecule has 1 fully saturated rings. The van der Waals surface area contributed by atoms with Crippen LogP contribution in [0.25, 0.3) is 0 Å². The number of hydrogen-bond acceptors (Lipinski definition) is 4. The lowest BCUT2D eigenvalue weighted by Gasteiger charge is -2.43. The number of anilines is 1. The molecule has 0 radical (unpaired) electrons. The molecule has 198 valence electrons. The lowest BCUT2D eigenvalue weighted by atomic mass is 9.82. The van der Waals surface area contributed by atoms with Crippen LogP contribution >= 0.6 is 23.2 Å². The Hall–Kier alpha value is -2.61. The molecule has 2 heterocycles. The van der Waals surface area contributed by atoms with Crippen molar-refractivity contribution in [1.82, 2.24) is 14.7 Å². The number of benzene rings is 2. The van der Waals surface area contributed by atoms with Crippen LogP contribution in [0.3, 0.4) is 0 Å². The van der Waals surface area contributed by atoms with Gasteiger partial charge >= 0.3 is 0 Å². The highest BCUT2D eigenvalue weighted by atomic mass is 35.5. The van der Waals surface area contributed by atoms with E-state index in [2.05, 4.69) is 5.32 Å². The highest BCUT2D eigenvalue weighted by Gasteiger charge is 2.52. The summed E-state index contributed by atoms with van der Waals surface area (Å²) in [5, 5.41) is 4.13. The van der Waals surface area contributed by atoms with Gasteiger partial charge in [-0.2, -0.15) is 0 Å². The molecule has 1 N–H and O–H groups in total. The smallest absolute Gasteiger partial charge is 0.249 e. The minimum atomic E-state index is -1.12. The molecule has 2 aromatic rings. The molecule has 3 amide bonds. The van der Waals surface area contributed by atoms with Crippen molar-refractivity contribution in [3.8, 4) is 0 Å². The summed E-state index contributed by atoms with van der Waals surface area (Å²) in [5.74, 6) is -0.201. The standard InChI is InChI=1S/C28H34Cl2N4O3/c1-18(2)34(17-25(35)33-12-10-20(11-13-33)26(36)32(3)4)28(16-19-6-5-7-21(29)14-19)23-9-8-22(30)15-24(23)31-27(28)37/h5-9,14-15,18,20H,10-13,16-17H2,1-4H3,(H,31,37). The van der Waals surface area contributed by atoms with E-state index < -0.39 is 5.54 Å². The second-order valence-corrected chi connectivity index (χ2v) is 11.3. The van der Waals surface area contributed by atoms with E-state index in [4.69, 9.17) is 23.2 Å². The Bertz CT molecular complexity index is 1190. The van der Waals surface area contributed by atoms with Crippen LogP contribution in [0.5, 0.6) is 0 Å². The first-order valence-corrected chi connectivity index (χ1v) is 13.4. The van der Waals surface area contributed by atoms with Crippen molar-refractivity contribution in [1.29, 1.82) is 0 Å². The Labute approximate surface area is 228 Å². The number of hydrogen-bond donors (Lipinski definition) is 1. The molecule has 4 rings (SSSR count). The summed E-state index contributed by atoms with van der Waals surface area (Å²) in [6.07, 6.45) is 1.62. The monoisotopic (exact) mass is 544 g/mol. The molecule has 0 saturated carbocycles. The Kier molecular flexibility index (Phi) is 8.17. The number of amides is 3. The van der Waals surface area contributed by atoms with Crippen molar-refractivity contribution in [2.24, 2.45) is 5.92 Å². The van der Waals surface area contributed by atoms with Gasteiger partial charge in [0.2, 0.25) is 17.7 Å². The highest BCUT2D eigenvalue weighted by molar-refractivity contribution is 6.31. The molecule has 0 spiro atoms. The molecule has 1 unspecified atom stereocenters. The Morgan fingerprint density at radius 3 is 2.38 bits per heavy atom. The first kappa shape index (κ1) is 27.4. The third-order valence-electron chi connectivity index (χ3n) is 7.46. The number of fused-ring (bicyclic) bond motifs is 1. The predicted molar refractivity (Wildman–Crippen MR) is 147 cm³/mol. The minimum Gasteiger partial charge on any atom is -0.349 e. The molecular formula is C28H34Cl2N4O3. The lowest BCUT2D eigenvalue weighted by molar-refractivity contribution is -0.143. The van der Waals surface area contributed by atoms with Crippen molar-refractivity contribution in [2.75, 3.05) is 39.0 Å². The average Bonchev–Trinajstić information content (AvgIpc) is 3.12. The molecule has 37 heavy (non-hydrogen) atoms. The van der Waals surface area contributed by atoms with Gasteiger partial charge < -0.3 is 15.1 Å². The van der Waals surface area contributed by atoms with Gasteiger partial charge in [0.25, 0.3) is 0 Å². The lowest BCUT2D eigenvalue weighted by Crippen LogP contribution is -2.58. The van der Waals surface area contributed by atoms with E-state index in [1.807, 2.05) is 47.9 Å². The first-order chi connectivity index (χ1) is 17.5. The largest absolute Gasteiger partial charge is 0.349 e. The summed E-state index contributed by atoms with van der Waals surface area (Å²) in [6.45, 7) is 5.11. The van der Waals surface area contributed by atoms with Crippen LogP contribution in [0.4, 0.5) is 5.69 Å². The number of piperidine rings is 1. The van der Waals surface area contributed by atoms with E-state index in [0.717, 1.165) is 11.1 Å². The third-order valence-corrected chi connectivity index (χ3v) is 7.93. The normalized spacial score (nSPS) is 19.8. The highest BCUT2D eigenvalue weighted by Crippen LogP contribution is 2.45. The molecule has 2 aliphatic heterocycles. The van der Waals surface area contributed by atoms with Gasteiger partial charge in [-0.3, -0.25) is 19.3 Å². The summed E-state index contributed by atoms with van der Waals surface area (Å²) in [7, 11) is 3.52. The Balaban J connectivity index is 1.66. The number of halogens is 2. The van der Waals surface area contributed by atoms with Gasteiger partial charge in [0.1, 0.15) is 5.54 Å². The van der Waals surface area contributed by atoms with Crippen LogP contribution in [0.2, 0.25) is 10.0 Å². The fourth-order valence-corrected chi connectivity index (χ4v) is 5.96. The molecule has 2 aliphatic rings. The van der Waals surface area contributed by atoms with E-state index in [9.17, 15) is 14.4 Å². The van der Waals surface area contributed by atoms with Gasteiger partial charge in [0.05, 0.1) is 6.54 Å².